The molecule has 16 heavy (non-hydrogen) atoms. The fraction of sp³-hybridized carbons (Fsp3) is 0.500. The molecule has 87 valence electrons. The summed E-state index contributed by atoms with van der Waals surface area (Å²) in [6.07, 6.45) is 10.2. The highest BCUT2D eigenvalue weighted by atomic mass is 14.0. The standard InChI is InChI=1S/C16H23/c1-3-5-6-7-8-10-16-13-11-15(9-4-2)12-14-16/h1,3,11-14H,4-10H2,2H3. The van der Waals surface area contributed by atoms with E-state index in [0.29, 0.717) is 0 Å². The molecule has 0 aromatic heterocycles. The predicted octanol–water partition coefficient (Wildman–Crippen LogP) is 4.73. The van der Waals surface area contributed by atoms with E-state index in [4.69, 9.17) is 6.58 Å². The summed E-state index contributed by atoms with van der Waals surface area (Å²) >= 11 is 0. The van der Waals surface area contributed by atoms with Crippen LogP contribution in [0.5, 0.6) is 0 Å². The first-order valence-corrected chi connectivity index (χ1v) is 6.48. The van der Waals surface area contributed by atoms with Gasteiger partial charge in [-0.25, -0.2) is 0 Å². The molecule has 0 heteroatoms. The third kappa shape index (κ3) is 5.16. The van der Waals surface area contributed by atoms with Crippen LogP contribution in [-0.2, 0) is 12.8 Å². The number of aryl methyl sites for hydroxylation is 2. The Hall–Kier alpha value is -1.04. The van der Waals surface area contributed by atoms with Crippen molar-refractivity contribution in [2.45, 2.75) is 51.9 Å². The maximum absolute atomic E-state index is 5.34. The molecule has 0 unspecified atom stereocenters. The highest BCUT2D eigenvalue weighted by molar-refractivity contribution is 5.22. The van der Waals surface area contributed by atoms with E-state index >= 15 is 0 Å². The summed E-state index contributed by atoms with van der Waals surface area (Å²) < 4.78 is 0. The number of benzene rings is 1. The molecule has 0 heterocycles. The maximum atomic E-state index is 5.34. The zero-order valence-corrected chi connectivity index (χ0v) is 10.4. The Morgan fingerprint density at radius 3 is 2.12 bits per heavy atom. The molecule has 0 bridgehead atoms. The Kier molecular flexibility index (Phi) is 6.64. The van der Waals surface area contributed by atoms with Crippen LogP contribution in [0.3, 0.4) is 0 Å². The van der Waals surface area contributed by atoms with Crippen molar-refractivity contribution in [3.63, 3.8) is 0 Å². The molecule has 1 aromatic carbocycles. The van der Waals surface area contributed by atoms with E-state index in [9.17, 15) is 0 Å². The number of unbranched alkanes of at least 4 members (excludes halogenated alkanes) is 3. The molecule has 0 spiro atoms. The van der Waals surface area contributed by atoms with Crippen molar-refractivity contribution in [2.75, 3.05) is 0 Å². The van der Waals surface area contributed by atoms with Crippen molar-refractivity contribution in [1.29, 1.82) is 0 Å². The van der Waals surface area contributed by atoms with Gasteiger partial charge in [0.25, 0.3) is 0 Å². The van der Waals surface area contributed by atoms with E-state index in [1.54, 1.807) is 6.08 Å². The molecule has 1 radical (unpaired) electrons. The van der Waals surface area contributed by atoms with Crippen LogP contribution in [0.25, 0.3) is 0 Å². The van der Waals surface area contributed by atoms with Crippen LogP contribution in [-0.4, -0.2) is 0 Å². The Bertz CT molecular complexity index is 281. The first-order valence-electron chi connectivity index (χ1n) is 6.48. The van der Waals surface area contributed by atoms with E-state index in [2.05, 4.69) is 31.2 Å². The molecule has 0 aliphatic rings. The number of rotatable bonds is 8. The number of hydrogen-bond acceptors (Lipinski definition) is 0. The molecule has 0 atom stereocenters. The molecule has 0 aliphatic heterocycles. The molecular formula is C16H23. The Labute approximate surface area is 100 Å². The molecule has 1 aromatic rings. The van der Waals surface area contributed by atoms with Gasteiger partial charge in [-0.05, 0) is 43.2 Å². The highest BCUT2D eigenvalue weighted by Crippen LogP contribution is 2.10. The lowest BCUT2D eigenvalue weighted by molar-refractivity contribution is 0.687. The van der Waals surface area contributed by atoms with E-state index in [1.165, 1.54) is 49.7 Å². The fourth-order valence-corrected chi connectivity index (χ4v) is 1.93. The van der Waals surface area contributed by atoms with Crippen molar-refractivity contribution in [2.24, 2.45) is 0 Å². The third-order valence-corrected chi connectivity index (χ3v) is 2.90. The van der Waals surface area contributed by atoms with E-state index in [1.807, 2.05) is 0 Å². The van der Waals surface area contributed by atoms with Crippen molar-refractivity contribution < 1.29 is 0 Å². The van der Waals surface area contributed by atoms with Gasteiger partial charge in [-0.2, -0.15) is 0 Å². The smallest absolute Gasteiger partial charge is 0.0279 e. The summed E-state index contributed by atoms with van der Waals surface area (Å²) in [4.78, 5) is 0. The third-order valence-electron chi connectivity index (χ3n) is 2.90. The van der Waals surface area contributed by atoms with Crippen LogP contribution < -0.4 is 0 Å². The summed E-state index contributed by atoms with van der Waals surface area (Å²) in [5, 5.41) is 0. The fourth-order valence-electron chi connectivity index (χ4n) is 1.93. The maximum Gasteiger partial charge on any atom is -0.0279 e. The summed E-state index contributed by atoms with van der Waals surface area (Å²) in [5.74, 6) is 0. The SMILES string of the molecule is [CH]=CCCCCCc1ccc(CCC)cc1. The quantitative estimate of drug-likeness (QED) is 0.550. The van der Waals surface area contributed by atoms with Gasteiger partial charge < -0.3 is 0 Å². The summed E-state index contributed by atoms with van der Waals surface area (Å²) in [6.45, 7) is 7.57. The van der Waals surface area contributed by atoms with Gasteiger partial charge in [0.15, 0.2) is 0 Å². The largest absolute Gasteiger partial charge is 0.0845 e. The molecule has 0 fully saturated rings. The van der Waals surface area contributed by atoms with Gasteiger partial charge in [0.1, 0.15) is 0 Å². The number of allylic oxidation sites excluding steroid dienone is 1. The Morgan fingerprint density at radius 1 is 0.938 bits per heavy atom. The lowest BCUT2D eigenvalue weighted by Gasteiger charge is -2.03. The van der Waals surface area contributed by atoms with Gasteiger partial charge >= 0.3 is 0 Å². The molecule has 0 N–H and O–H groups in total. The molecule has 0 amide bonds. The van der Waals surface area contributed by atoms with E-state index in [0.717, 1.165) is 6.42 Å². The number of hydrogen-bond donors (Lipinski definition) is 0. The summed E-state index contributed by atoms with van der Waals surface area (Å²) in [5.41, 5.74) is 2.93. The molecule has 0 saturated heterocycles. The summed E-state index contributed by atoms with van der Waals surface area (Å²) in [7, 11) is 0. The first kappa shape index (κ1) is 13.0. The zero-order chi connectivity index (χ0) is 11.6. The monoisotopic (exact) mass is 215 g/mol. The van der Waals surface area contributed by atoms with Crippen molar-refractivity contribution >= 4 is 0 Å². The molecular weight excluding hydrogens is 192 g/mol. The molecule has 0 nitrogen and oxygen atoms in total. The topological polar surface area (TPSA) is 0 Å². The van der Waals surface area contributed by atoms with Gasteiger partial charge in [0, 0.05) is 0 Å². The minimum absolute atomic E-state index is 1.05. The van der Waals surface area contributed by atoms with Gasteiger partial charge in [0.05, 0.1) is 0 Å². The van der Waals surface area contributed by atoms with E-state index in [-0.39, 0.29) is 0 Å². The van der Waals surface area contributed by atoms with Gasteiger partial charge in [-0.3, -0.25) is 0 Å². The van der Waals surface area contributed by atoms with Crippen molar-refractivity contribution in [3.05, 3.63) is 48.0 Å². The van der Waals surface area contributed by atoms with E-state index < -0.39 is 0 Å². The van der Waals surface area contributed by atoms with Crippen LogP contribution in [0, 0.1) is 6.58 Å². The van der Waals surface area contributed by atoms with Crippen LogP contribution in [0.2, 0.25) is 0 Å². The summed E-state index contributed by atoms with van der Waals surface area (Å²) in [6, 6.07) is 9.10. The minimum atomic E-state index is 1.05. The van der Waals surface area contributed by atoms with Gasteiger partial charge in [-0.15, -0.1) is 0 Å². The second kappa shape index (κ2) is 8.15. The van der Waals surface area contributed by atoms with Gasteiger partial charge in [-0.1, -0.05) is 56.7 Å². The van der Waals surface area contributed by atoms with Crippen LogP contribution >= 0.6 is 0 Å². The van der Waals surface area contributed by atoms with Crippen LogP contribution in [0.15, 0.2) is 30.3 Å². The average molecular weight is 215 g/mol. The highest BCUT2D eigenvalue weighted by Gasteiger charge is 1.95. The van der Waals surface area contributed by atoms with Crippen molar-refractivity contribution in [1.82, 2.24) is 0 Å². The van der Waals surface area contributed by atoms with Crippen LogP contribution in [0.4, 0.5) is 0 Å². The van der Waals surface area contributed by atoms with Crippen LogP contribution in [0.1, 0.15) is 50.2 Å². The molecule has 1 rings (SSSR count). The normalized spacial score (nSPS) is 10.3. The lowest BCUT2D eigenvalue weighted by Crippen LogP contribution is -1.88. The minimum Gasteiger partial charge on any atom is -0.0845 e. The molecule has 0 saturated carbocycles. The van der Waals surface area contributed by atoms with Gasteiger partial charge in [0.2, 0.25) is 0 Å². The zero-order valence-electron chi connectivity index (χ0n) is 10.4. The Morgan fingerprint density at radius 2 is 1.56 bits per heavy atom. The van der Waals surface area contributed by atoms with Crippen molar-refractivity contribution in [3.8, 4) is 0 Å². The second-order valence-electron chi connectivity index (χ2n) is 4.40. The lowest BCUT2D eigenvalue weighted by atomic mass is 10.0. The first-order chi connectivity index (χ1) is 7.86. The Balaban J connectivity index is 2.23. The second-order valence-corrected chi connectivity index (χ2v) is 4.40. The average Bonchev–Trinajstić information content (AvgIpc) is 2.31. The predicted molar refractivity (Wildman–Crippen MR) is 71.5 cm³/mol. The molecule has 0 aliphatic carbocycles.